The van der Waals surface area contributed by atoms with E-state index in [4.69, 9.17) is 5.11 Å². The lowest BCUT2D eigenvalue weighted by atomic mass is 9.90. The van der Waals surface area contributed by atoms with Crippen LogP contribution in [0.2, 0.25) is 0 Å². The number of piperidine rings is 1. The van der Waals surface area contributed by atoms with Gasteiger partial charge in [-0.25, -0.2) is 14.8 Å². The van der Waals surface area contributed by atoms with Crippen LogP contribution in [-0.2, 0) is 13.5 Å². The van der Waals surface area contributed by atoms with Gasteiger partial charge in [0.05, 0.1) is 17.5 Å². The highest BCUT2D eigenvalue weighted by Crippen LogP contribution is 2.23. The molecule has 1 N–H and O–H groups in total. The fraction of sp³-hybridized carbons (Fsp3) is 0.333. The first-order valence-corrected chi connectivity index (χ1v) is 9.40. The summed E-state index contributed by atoms with van der Waals surface area (Å²) < 4.78 is 1.83. The quantitative estimate of drug-likeness (QED) is 0.754. The Morgan fingerprint density at radius 1 is 1.18 bits per heavy atom. The predicted molar refractivity (Wildman–Crippen MR) is 104 cm³/mol. The Hall–Kier alpha value is -3.22. The van der Waals surface area contributed by atoms with Crippen LogP contribution in [0.15, 0.2) is 42.9 Å². The van der Waals surface area contributed by atoms with E-state index in [-0.39, 0.29) is 5.91 Å². The van der Waals surface area contributed by atoms with Crippen molar-refractivity contribution in [3.63, 3.8) is 0 Å². The zero-order chi connectivity index (χ0) is 19.7. The predicted octanol–water partition coefficient (Wildman–Crippen LogP) is 2.76. The standard InChI is InChI=1S/C21H22N4O3/c1-24-13-23-18-10-17(11-22-19(18)24)20(26)25-8-2-3-15(12-25)9-14-4-6-16(7-5-14)21(27)28/h4-7,10-11,13,15H,2-3,8-9,12H2,1H3,(H,27,28)/t15-/m1/s1. The van der Waals surface area contributed by atoms with E-state index in [1.165, 1.54) is 0 Å². The van der Waals surface area contributed by atoms with Crippen LogP contribution in [0.1, 0.15) is 39.1 Å². The lowest BCUT2D eigenvalue weighted by Crippen LogP contribution is -2.40. The molecule has 0 radical (unpaired) electrons. The maximum Gasteiger partial charge on any atom is 0.335 e. The first-order chi connectivity index (χ1) is 13.5. The Morgan fingerprint density at radius 2 is 1.96 bits per heavy atom. The van der Waals surface area contributed by atoms with Crippen molar-refractivity contribution in [3.8, 4) is 0 Å². The van der Waals surface area contributed by atoms with Crippen LogP contribution in [-0.4, -0.2) is 49.5 Å². The van der Waals surface area contributed by atoms with E-state index < -0.39 is 5.97 Å². The number of aryl methyl sites for hydroxylation is 1. The van der Waals surface area contributed by atoms with Crippen molar-refractivity contribution in [3.05, 3.63) is 59.5 Å². The molecule has 7 heteroatoms. The molecule has 0 bridgehead atoms. The number of aromatic carboxylic acids is 1. The van der Waals surface area contributed by atoms with Crippen LogP contribution in [0, 0.1) is 5.92 Å². The lowest BCUT2D eigenvalue weighted by Gasteiger charge is -2.33. The Labute approximate surface area is 162 Å². The van der Waals surface area contributed by atoms with Crippen LogP contribution in [0.4, 0.5) is 0 Å². The second kappa shape index (κ2) is 7.42. The van der Waals surface area contributed by atoms with Gasteiger partial charge in [0.25, 0.3) is 5.91 Å². The second-order valence-corrected chi connectivity index (χ2v) is 7.39. The Bertz CT molecular complexity index is 1030. The number of benzene rings is 1. The number of rotatable bonds is 4. The zero-order valence-electron chi connectivity index (χ0n) is 15.7. The molecule has 1 aliphatic heterocycles. The molecule has 2 aromatic heterocycles. The van der Waals surface area contributed by atoms with Crippen molar-refractivity contribution in [2.75, 3.05) is 13.1 Å². The number of carbonyl (C=O) groups is 2. The van der Waals surface area contributed by atoms with Crippen molar-refractivity contribution in [2.45, 2.75) is 19.3 Å². The minimum atomic E-state index is -0.917. The van der Waals surface area contributed by atoms with Crippen molar-refractivity contribution >= 4 is 23.0 Å². The van der Waals surface area contributed by atoms with E-state index in [2.05, 4.69) is 9.97 Å². The van der Waals surface area contributed by atoms with Gasteiger partial charge in [0.15, 0.2) is 5.65 Å². The third kappa shape index (κ3) is 3.60. The number of nitrogens with zero attached hydrogens (tertiary/aromatic N) is 4. The summed E-state index contributed by atoms with van der Waals surface area (Å²) in [6.45, 7) is 1.44. The number of imidazole rings is 1. The van der Waals surface area contributed by atoms with Gasteiger partial charge in [0.1, 0.15) is 5.52 Å². The smallest absolute Gasteiger partial charge is 0.335 e. The summed E-state index contributed by atoms with van der Waals surface area (Å²) in [5.74, 6) is -0.564. The molecule has 28 heavy (non-hydrogen) atoms. The Kier molecular flexibility index (Phi) is 4.81. The summed E-state index contributed by atoms with van der Waals surface area (Å²) in [6.07, 6.45) is 6.17. The molecule has 1 atom stereocenters. The van der Waals surface area contributed by atoms with Crippen molar-refractivity contribution in [2.24, 2.45) is 13.0 Å². The number of hydrogen-bond donors (Lipinski definition) is 1. The van der Waals surface area contributed by atoms with Gasteiger partial charge < -0.3 is 14.6 Å². The monoisotopic (exact) mass is 378 g/mol. The highest BCUT2D eigenvalue weighted by Gasteiger charge is 2.25. The van der Waals surface area contributed by atoms with Gasteiger partial charge in [-0.2, -0.15) is 0 Å². The van der Waals surface area contributed by atoms with Gasteiger partial charge >= 0.3 is 5.97 Å². The molecule has 0 spiro atoms. The van der Waals surface area contributed by atoms with Gasteiger partial charge in [0.2, 0.25) is 0 Å². The molecule has 0 aliphatic carbocycles. The van der Waals surface area contributed by atoms with E-state index >= 15 is 0 Å². The summed E-state index contributed by atoms with van der Waals surface area (Å²) in [5, 5.41) is 9.01. The van der Waals surface area contributed by atoms with E-state index in [9.17, 15) is 9.59 Å². The zero-order valence-corrected chi connectivity index (χ0v) is 15.7. The number of hydrogen-bond acceptors (Lipinski definition) is 4. The SMILES string of the molecule is Cn1cnc2cc(C(=O)N3CCC[C@H](Cc4ccc(C(=O)O)cc4)C3)cnc21. The van der Waals surface area contributed by atoms with Gasteiger partial charge in [0, 0.05) is 26.3 Å². The summed E-state index contributed by atoms with van der Waals surface area (Å²) in [5.41, 5.74) is 3.44. The molecule has 1 amide bonds. The van der Waals surface area contributed by atoms with E-state index in [0.29, 0.717) is 23.6 Å². The van der Waals surface area contributed by atoms with E-state index in [0.717, 1.165) is 42.5 Å². The molecule has 1 saturated heterocycles. The van der Waals surface area contributed by atoms with Crippen LogP contribution < -0.4 is 0 Å². The number of carboxylic acids is 1. The van der Waals surface area contributed by atoms with Crippen molar-refractivity contribution in [1.82, 2.24) is 19.4 Å². The van der Waals surface area contributed by atoms with Gasteiger partial charge in [-0.15, -0.1) is 0 Å². The van der Waals surface area contributed by atoms with Gasteiger partial charge in [-0.1, -0.05) is 12.1 Å². The molecule has 1 aromatic carbocycles. The molecule has 0 saturated carbocycles. The number of amides is 1. The van der Waals surface area contributed by atoms with Crippen LogP contribution in [0.3, 0.4) is 0 Å². The molecule has 3 aromatic rings. The van der Waals surface area contributed by atoms with Crippen LogP contribution in [0.25, 0.3) is 11.2 Å². The number of fused-ring (bicyclic) bond motifs is 1. The maximum atomic E-state index is 13.0. The molecule has 1 fully saturated rings. The highest BCUT2D eigenvalue weighted by atomic mass is 16.4. The molecule has 3 heterocycles. The summed E-state index contributed by atoms with van der Waals surface area (Å²) >= 11 is 0. The molecule has 1 aliphatic rings. The first-order valence-electron chi connectivity index (χ1n) is 9.40. The van der Waals surface area contributed by atoms with Gasteiger partial charge in [-0.3, -0.25) is 4.79 Å². The van der Waals surface area contributed by atoms with Crippen molar-refractivity contribution in [1.29, 1.82) is 0 Å². The number of aromatic nitrogens is 3. The van der Waals surface area contributed by atoms with E-state index in [1.54, 1.807) is 30.7 Å². The third-order valence-electron chi connectivity index (χ3n) is 5.33. The minimum absolute atomic E-state index is 0.00835. The Balaban J connectivity index is 1.44. The number of carboxylic acid groups (broad SMARTS) is 1. The summed E-state index contributed by atoms with van der Waals surface area (Å²) in [4.78, 5) is 34.5. The molecule has 4 rings (SSSR count). The second-order valence-electron chi connectivity index (χ2n) is 7.39. The minimum Gasteiger partial charge on any atom is -0.478 e. The number of carbonyl (C=O) groups excluding carboxylic acids is 1. The number of pyridine rings is 1. The Morgan fingerprint density at radius 3 is 2.71 bits per heavy atom. The highest BCUT2D eigenvalue weighted by molar-refractivity contribution is 5.96. The number of likely N-dealkylation sites (tertiary alicyclic amines) is 1. The van der Waals surface area contributed by atoms with E-state index in [1.807, 2.05) is 28.6 Å². The summed E-state index contributed by atoms with van der Waals surface area (Å²) in [7, 11) is 1.88. The molecule has 144 valence electrons. The average Bonchev–Trinajstić information content (AvgIpc) is 3.08. The normalized spacial score (nSPS) is 17.0. The largest absolute Gasteiger partial charge is 0.478 e. The average molecular weight is 378 g/mol. The van der Waals surface area contributed by atoms with Gasteiger partial charge in [-0.05, 0) is 48.9 Å². The maximum absolute atomic E-state index is 13.0. The molecule has 0 unspecified atom stereocenters. The fourth-order valence-corrected chi connectivity index (χ4v) is 3.85. The van der Waals surface area contributed by atoms with Crippen LogP contribution >= 0.6 is 0 Å². The van der Waals surface area contributed by atoms with Crippen molar-refractivity contribution < 1.29 is 14.7 Å². The summed E-state index contributed by atoms with van der Waals surface area (Å²) in [6, 6.07) is 8.81. The molecular weight excluding hydrogens is 356 g/mol. The topological polar surface area (TPSA) is 88.3 Å². The lowest BCUT2D eigenvalue weighted by molar-refractivity contribution is 0.0669. The molecular formula is C21H22N4O3. The first kappa shape index (κ1) is 18.2. The fourth-order valence-electron chi connectivity index (χ4n) is 3.85. The molecule has 7 nitrogen and oxygen atoms in total. The third-order valence-corrected chi connectivity index (χ3v) is 5.33. The van der Waals surface area contributed by atoms with Crippen LogP contribution in [0.5, 0.6) is 0 Å².